The minimum atomic E-state index is -1.26. The van der Waals surface area contributed by atoms with Crippen molar-refractivity contribution >= 4 is 5.97 Å². The van der Waals surface area contributed by atoms with Crippen molar-refractivity contribution in [2.75, 3.05) is 0 Å². The van der Waals surface area contributed by atoms with E-state index in [9.17, 15) is 9.90 Å². The normalized spacial score (nSPS) is 33.6. The standard InChI is InChI=1S/C12H16O5/c1-7-5-12(15,6-8(2)17-7)10-9(11(13)14)3-4-16-10/h3-4,7-8,15H,5-6H2,1-2H3,(H,13,14). The van der Waals surface area contributed by atoms with E-state index >= 15 is 0 Å². The largest absolute Gasteiger partial charge is 0.478 e. The summed E-state index contributed by atoms with van der Waals surface area (Å²) in [4.78, 5) is 11.0. The van der Waals surface area contributed by atoms with Gasteiger partial charge in [-0.25, -0.2) is 4.79 Å². The molecule has 0 amide bonds. The number of carboxylic acids is 1. The lowest BCUT2D eigenvalue weighted by molar-refractivity contribution is -0.143. The number of aliphatic hydroxyl groups is 1. The van der Waals surface area contributed by atoms with Gasteiger partial charge in [0.05, 0.1) is 18.5 Å². The van der Waals surface area contributed by atoms with E-state index in [0.717, 1.165) is 0 Å². The Morgan fingerprint density at radius 2 is 2.00 bits per heavy atom. The van der Waals surface area contributed by atoms with Gasteiger partial charge in [-0.05, 0) is 19.9 Å². The fourth-order valence-corrected chi connectivity index (χ4v) is 2.55. The number of aromatic carboxylic acids is 1. The molecule has 2 unspecified atom stereocenters. The monoisotopic (exact) mass is 240 g/mol. The molecule has 0 aromatic carbocycles. The fraction of sp³-hybridized carbons (Fsp3) is 0.583. The highest BCUT2D eigenvalue weighted by Gasteiger charge is 2.43. The average Bonchev–Trinajstić information content (AvgIpc) is 2.63. The highest BCUT2D eigenvalue weighted by atomic mass is 16.5. The molecule has 0 saturated carbocycles. The summed E-state index contributed by atoms with van der Waals surface area (Å²) in [5.41, 5.74) is -1.23. The van der Waals surface area contributed by atoms with Crippen LogP contribution in [0.15, 0.2) is 16.7 Å². The maximum atomic E-state index is 11.0. The molecular formula is C12H16O5. The fourth-order valence-electron chi connectivity index (χ4n) is 2.55. The zero-order valence-electron chi connectivity index (χ0n) is 9.84. The Labute approximate surface area is 99.0 Å². The van der Waals surface area contributed by atoms with Crippen LogP contribution in [0.25, 0.3) is 0 Å². The summed E-state index contributed by atoms with van der Waals surface area (Å²) < 4.78 is 10.7. The molecule has 1 aromatic rings. The van der Waals surface area contributed by atoms with Crippen LogP contribution in [0.2, 0.25) is 0 Å². The summed E-state index contributed by atoms with van der Waals surface area (Å²) in [6, 6.07) is 1.36. The van der Waals surface area contributed by atoms with Crippen molar-refractivity contribution in [3.05, 3.63) is 23.7 Å². The SMILES string of the molecule is CC1CC(O)(c2occc2C(=O)O)CC(C)O1. The molecule has 1 fully saturated rings. The predicted molar refractivity (Wildman–Crippen MR) is 58.8 cm³/mol. The molecule has 5 nitrogen and oxygen atoms in total. The summed E-state index contributed by atoms with van der Waals surface area (Å²) in [5, 5.41) is 19.6. The first-order chi connectivity index (χ1) is 7.92. The molecule has 94 valence electrons. The van der Waals surface area contributed by atoms with Crippen molar-refractivity contribution < 1.29 is 24.2 Å². The maximum absolute atomic E-state index is 11.0. The molecule has 2 heterocycles. The van der Waals surface area contributed by atoms with Crippen LogP contribution in [0.4, 0.5) is 0 Å². The van der Waals surface area contributed by atoms with Gasteiger partial charge in [0.25, 0.3) is 0 Å². The van der Waals surface area contributed by atoms with Gasteiger partial charge in [0.15, 0.2) is 0 Å². The van der Waals surface area contributed by atoms with E-state index < -0.39 is 11.6 Å². The molecule has 1 aromatic heterocycles. The lowest BCUT2D eigenvalue weighted by Gasteiger charge is -2.38. The van der Waals surface area contributed by atoms with Crippen LogP contribution in [0, 0.1) is 0 Å². The van der Waals surface area contributed by atoms with Crippen molar-refractivity contribution in [1.82, 2.24) is 0 Å². The number of carboxylic acid groups (broad SMARTS) is 1. The van der Waals surface area contributed by atoms with Crippen molar-refractivity contribution in [2.24, 2.45) is 0 Å². The van der Waals surface area contributed by atoms with E-state index in [1.165, 1.54) is 12.3 Å². The van der Waals surface area contributed by atoms with Crippen molar-refractivity contribution in [3.63, 3.8) is 0 Å². The number of ether oxygens (including phenoxy) is 1. The Morgan fingerprint density at radius 3 is 2.53 bits per heavy atom. The van der Waals surface area contributed by atoms with Gasteiger partial charge in [-0.2, -0.15) is 0 Å². The quantitative estimate of drug-likeness (QED) is 0.823. The van der Waals surface area contributed by atoms with Gasteiger partial charge in [0, 0.05) is 12.8 Å². The third kappa shape index (κ3) is 2.21. The Balaban J connectivity index is 2.36. The minimum absolute atomic E-state index is 0.0220. The van der Waals surface area contributed by atoms with E-state index in [2.05, 4.69) is 0 Å². The van der Waals surface area contributed by atoms with E-state index in [-0.39, 0.29) is 23.5 Å². The second-order valence-corrected chi connectivity index (χ2v) is 4.67. The number of furan rings is 1. The molecule has 0 bridgehead atoms. The molecule has 1 saturated heterocycles. The third-order valence-electron chi connectivity index (χ3n) is 3.03. The van der Waals surface area contributed by atoms with Crippen molar-refractivity contribution in [2.45, 2.75) is 44.5 Å². The molecule has 17 heavy (non-hydrogen) atoms. The molecule has 0 spiro atoms. The zero-order valence-corrected chi connectivity index (χ0v) is 9.84. The molecule has 2 N–H and O–H groups in total. The van der Waals surface area contributed by atoms with Gasteiger partial charge in [-0.15, -0.1) is 0 Å². The first-order valence-electron chi connectivity index (χ1n) is 5.61. The average molecular weight is 240 g/mol. The number of hydrogen-bond acceptors (Lipinski definition) is 4. The summed E-state index contributed by atoms with van der Waals surface area (Å²) >= 11 is 0. The van der Waals surface area contributed by atoms with E-state index in [1.807, 2.05) is 13.8 Å². The van der Waals surface area contributed by atoms with Gasteiger partial charge in [0.2, 0.25) is 0 Å². The Morgan fingerprint density at radius 1 is 1.41 bits per heavy atom. The Bertz CT molecular complexity index is 412. The van der Waals surface area contributed by atoms with E-state index in [4.69, 9.17) is 14.3 Å². The smallest absolute Gasteiger partial charge is 0.339 e. The maximum Gasteiger partial charge on any atom is 0.339 e. The minimum Gasteiger partial charge on any atom is -0.478 e. The predicted octanol–water partition coefficient (Wildman–Crippen LogP) is 1.75. The summed E-state index contributed by atoms with van der Waals surface area (Å²) in [5.74, 6) is -0.957. The molecule has 2 atom stereocenters. The van der Waals surface area contributed by atoms with Crippen LogP contribution in [0.1, 0.15) is 42.8 Å². The molecule has 1 aliphatic heterocycles. The topological polar surface area (TPSA) is 79.9 Å². The van der Waals surface area contributed by atoms with Gasteiger partial charge >= 0.3 is 5.97 Å². The van der Waals surface area contributed by atoms with Gasteiger partial charge in [-0.3, -0.25) is 0 Å². The zero-order chi connectivity index (χ0) is 12.6. The molecular weight excluding hydrogens is 224 g/mol. The second kappa shape index (κ2) is 4.16. The van der Waals surface area contributed by atoms with E-state index in [1.54, 1.807) is 0 Å². The first kappa shape index (κ1) is 12.1. The lowest BCUT2D eigenvalue weighted by Crippen LogP contribution is -2.41. The molecule has 1 aliphatic rings. The number of hydrogen-bond donors (Lipinski definition) is 2. The van der Waals surface area contributed by atoms with Crippen molar-refractivity contribution in [1.29, 1.82) is 0 Å². The van der Waals surface area contributed by atoms with Crippen molar-refractivity contribution in [3.8, 4) is 0 Å². The number of rotatable bonds is 2. The molecule has 5 heteroatoms. The van der Waals surface area contributed by atoms with Crippen LogP contribution in [-0.4, -0.2) is 28.4 Å². The second-order valence-electron chi connectivity index (χ2n) is 4.67. The van der Waals surface area contributed by atoms with Crippen LogP contribution in [0.3, 0.4) is 0 Å². The summed E-state index contributed by atoms with van der Waals surface area (Å²) in [7, 11) is 0. The van der Waals surface area contributed by atoms with Gasteiger partial charge in [-0.1, -0.05) is 0 Å². The van der Waals surface area contributed by atoms with Crippen LogP contribution in [-0.2, 0) is 10.3 Å². The van der Waals surface area contributed by atoms with Crippen LogP contribution < -0.4 is 0 Å². The Kier molecular flexibility index (Phi) is 2.97. The van der Waals surface area contributed by atoms with Gasteiger partial charge < -0.3 is 19.4 Å². The molecule has 0 radical (unpaired) electrons. The highest BCUT2D eigenvalue weighted by molar-refractivity contribution is 5.89. The summed E-state index contributed by atoms with van der Waals surface area (Å²) in [6.07, 6.45) is 1.71. The third-order valence-corrected chi connectivity index (χ3v) is 3.03. The highest BCUT2D eigenvalue weighted by Crippen LogP contribution is 2.39. The lowest BCUT2D eigenvalue weighted by atomic mass is 9.84. The summed E-state index contributed by atoms with van der Waals surface area (Å²) in [6.45, 7) is 3.70. The molecule has 2 rings (SSSR count). The van der Waals surface area contributed by atoms with Crippen LogP contribution >= 0.6 is 0 Å². The molecule has 0 aliphatic carbocycles. The van der Waals surface area contributed by atoms with Gasteiger partial charge in [0.1, 0.15) is 16.9 Å². The first-order valence-corrected chi connectivity index (χ1v) is 5.61. The van der Waals surface area contributed by atoms with E-state index in [0.29, 0.717) is 12.8 Å². The Hall–Kier alpha value is -1.33. The number of carbonyl (C=O) groups is 1. The van der Waals surface area contributed by atoms with Crippen LogP contribution in [0.5, 0.6) is 0 Å².